The first-order chi connectivity index (χ1) is 6.37. The molecule has 1 N–H and O–H groups in total. The highest BCUT2D eigenvalue weighted by atomic mass is 16.5. The number of nitrogens with one attached hydrogen (secondary N) is 1. The summed E-state index contributed by atoms with van der Waals surface area (Å²) in [5.74, 6) is -0.0970. The Labute approximate surface area is 86.2 Å². The van der Waals surface area contributed by atoms with Crippen LogP contribution in [0.4, 0.5) is 0 Å². The van der Waals surface area contributed by atoms with Gasteiger partial charge < -0.3 is 10.1 Å². The first kappa shape index (κ1) is 11.5. The topological polar surface area (TPSA) is 38.3 Å². The van der Waals surface area contributed by atoms with E-state index < -0.39 is 0 Å². The maximum atomic E-state index is 11.4. The van der Waals surface area contributed by atoms with Gasteiger partial charge in [0, 0.05) is 11.1 Å². The molecule has 0 aromatic rings. The number of rotatable bonds is 3. The Kier molecular flexibility index (Phi) is 3.20. The SMILES string of the molecule is CCOC(=O)CC1(C)CCC(C)(C)N1. The molecule has 0 saturated carbocycles. The Hall–Kier alpha value is -0.570. The molecule has 3 nitrogen and oxygen atoms in total. The molecule has 0 aromatic carbocycles. The average Bonchev–Trinajstić information content (AvgIpc) is 2.25. The van der Waals surface area contributed by atoms with Gasteiger partial charge in [-0.2, -0.15) is 0 Å². The fourth-order valence-corrected chi connectivity index (χ4v) is 2.19. The first-order valence-electron chi connectivity index (χ1n) is 5.32. The van der Waals surface area contributed by atoms with E-state index in [1.807, 2.05) is 6.92 Å². The maximum absolute atomic E-state index is 11.4. The predicted molar refractivity (Wildman–Crippen MR) is 56.1 cm³/mol. The molecule has 1 heterocycles. The summed E-state index contributed by atoms with van der Waals surface area (Å²) in [6, 6.07) is 0. The van der Waals surface area contributed by atoms with Crippen LogP contribution in [0, 0.1) is 0 Å². The van der Waals surface area contributed by atoms with Crippen molar-refractivity contribution < 1.29 is 9.53 Å². The minimum Gasteiger partial charge on any atom is -0.466 e. The highest BCUT2D eigenvalue weighted by Gasteiger charge is 2.40. The molecule has 82 valence electrons. The number of carbonyl (C=O) groups excluding carboxylic acids is 1. The summed E-state index contributed by atoms with van der Waals surface area (Å²) in [6.07, 6.45) is 2.63. The second-order valence-corrected chi connectivity index (χ2v) is 5.05. The summed E-state index contributed by atoms with van der Waals surface area (Å²) in [7, 11) is 0. The molecule has 1 aliphatic rings. The van der Waals surface area contributed by atoms with E-state index in [1.54, 1.807) is 0 Å². The molecular formula is C11H21NO2. The Balaban J connectivity index is 2.48. The van der Waals surface area contributed by atoms with Crippen LogP contribution in [0.15, 0.2) is 0 Å². The highest BCUT2D eigenvalue weighted by molar-refractivity contribution is 5.71. The van der Waals surface area contributed by atoms with E-state index in [2.05, 4.69) is 26.1 Å². The monoisotopic (exact) mass is 199 g/mol. The summed E-state index contributed by atoms with van der Waals surface area (Å²) in [6.45, 7) is 8.75. The van der Waals surface area contributed by atoms with Crippen LogP contribution in [-0.2, 0) is 9.53 Å². The molecule has 14 heavy (non-hydrogen) atoms. The third-order valence-corrected chi connectivity index (χ3v) is 2.78. The molecule has 1 atom stereocenters. The molecule has 0 bridgehead atoms. The molecule has 1 fully saturated rings. The van der Waals surface area contributed by atoms with E-state index in [0.29, 0.717) is 13.0 Å². The van der Waals surface area contributed by atoms with E-state index in [9.17, 15) is 4.79 Å². The number of carbonyl (C=O) groups is 1. The van der Waals surface area contributed by atoms with E-state index in [1.165, 1.54) is 0 Å². The Morgan fingerprint density at radius 3 is 2.43 bits per heavy atom. The number of hydrogen-bond acceptors (Lipinski definition) is 3. The summed E-state index contributed by atoms with van der Waals surface area (Å²) < 4.78 is 4.96. The van der Waals surface area contributed by atoms with Crippen molar-refractivity contribution >= 4 is 5.97 Å². The van der Waals surface area contributed by atoms with Crippen molar-refractivity contribution in [3.05, 3.63) is 0 Å². The maximum Gasteiger partial charge on any atom is 0.307 e. The van der Waals surface area contributed by atoms with Crippen LogP contribution in [-0.4, -0.2) is 23.7 Å². The molecule has 1 unspecified atom stereocenters. The third kappa shape index (κ3) is 2.98. The van der Waals surface area contributed by atoms with Crippen LogP contribution < -0.4 is 5.32 Å². The van der Waals surface area contributed by atoms with Crippen molar-refractivity contribution in [2.75, 3.05) is 6.61 Å². The minimum absolute atomic E-state index is 0.0737. The largest absolute Gasteiger partial charge is 0.466 e. The first-order valence-corrected chi connectivity index (χ1v) is 5.32. The predicted octanol–water partition coefficient (Wildman–Crippen LogP) is 1.86. The van der Waals surface area contributed by atoms with Crippen LogP contribution in [0.2, 0.25) is 0 Å². The van der Waals surface area contributed by atoms with Crippen molar-refractivity contribution in [3.63, 3.8) is 0 Å². The lowest BCUT2D eigenvalue weighted by Gasteiger charge is -2.28. The lowest BCUT2D eigenvalue weighted by Crippen LogP contribution is -2.46. The summed E-state index contributed by atoms with van der Waals surface area (Å²) in [5.41, 5.74) is 0.0804. The van der Waals surface area contributed by atoms with Gasteiger partial charge in [0.15, 0.2) is 0 Å². The summed E-state index contributed by atoms with van der Waals surface area (Å²) in [5, 5.41) is 3.50. The van der Waals surface area contributed by atoms with E-state index >= 15 is 0 Å². The lowest BCUT2D eigenvalue weighted by atomic mass is 9.96. The fraction of sp³-hybridized carbons (Fsp3) is 0.909. The van der Waals surface area contributed by atoms with E-state index in [4.69, 9.17) is 4.74 Å². The molecular weight excluding hydrogens is 178 g/mol. The number of hydrogen-bond donors (Lipinski definition) is 1. The zero-order chi connectivity index (χ0) is 10.8. The van der Waals surface area contributed by atoms with Crippen LogP contribution >= 0.6 is 0 Å². The van der Waals surface area contributed by atoms with Gasteiger partial charge in [0.25, 0.3) is 0 Å². The molecule has 0 amide bonds. The van der Waals surface area contributed by atoms with Crippen LogP contribution in [0.5, 0.6) is 0 Å². The molecule has 0 aliphatic carbocycles. The molecule has 3 heteroatoms. The Morgan fingerprint density at radius 1 is 1.36 bits per heavy atom. The molecule has 1 rings (SSSR count). The number of ether oxygens (including phenoxy) is 1. The average molecular weight is 199 g/mol. The molecule has 0 radical (unpaired) electrons. The molecule has 0 spiro atoms. The number of esters is 1. The highest BCUT2D eigenvalue weighted by Crippen LogP contribution is 2.32. The summed E-state index contributed by atoms with van der Waals surface area (Å²) >= 11 is 0. The normalized spacial score (nSPS) is 30.3. The van der Waals surface area contributed by atoms with E-state index in [-0.39, 0.29) is 17.0 Å². The van der Waals surface area contributed by atoms with Crippen molar-refractivity contribution in [2.45, 2.75) is 58.0 Å². The zero-order valence-corrected chi connectivity index (χ0v) is 9.64. The Bertz CT molecular complexity index is 225. The van der Waals surface area contributed by atoms with Gasteiger partial charge in [0.2, 0.25) is 0 Å². The lowest BCUT2D eigenvalue weighted by molar-refractivity contribution is -0.144. The standard InChI is InChI=1S/C11H21NO2/c1-5-14-9(13)8-11(4)7-6-10(2,3)12-11/h12H,5-8H2,1-4H3. The summed E-state index contributed by atoms with van der Waals surface area (Å²) in [4.78, 5) is 11.4. The van der Waals surface area contributed by atoms with Crippen molar-refractivity contribution in [1.82, 2.24) is 5.32 Å². The van der Waals surface area contributed by atoms with Gasteiger partial charge in [0.1, 0.15) is 0 Å². The second kappa shape index (κ2) is 3.89. The van der Waals surface area contributed by atoms with Gasteiger partial charge in [-0.25, -0.2) is 0 Å². The zero-order valence-electron chi connectivity index (χ0n) is 9.64. The van der Waals surface area contributed by atoms with Crippen molar-refractivity contribution in [2.24, 2.45) is 0 Å². The van der Waals surface area contributed by atoms with Crippen LogP contribution in [0.25, 0.3) is 0 Å². The minimum atomic E-state index is -0.0970. The van der Waals surface area contributed by atoms with E-state index in [0.717, 1.165) is 12.8 Å². The molecule has 1 aliphatic heterocycles. The molecule has 1 saturated heterocycles. The third-order valence-electron chi connectivity index (χ3n) is 2.78. The Morgan fingerprint density at radius 2 is 2.00 bits per heavy atom. The van der Waals surface area contributed by atoms with Gasteiger partial charge in [-0.15, -0.1) is 0 Å². The quantitative estimate of drug-likeness (QED) is 0.705. The van der Waals surface area contributed by atoms with Crippen LogP contribution in [0.3, 0.4) is 0 Å². The second-order valence-electron chi connectivity index (χ2n) is 5.05. The van der Waals surface area contributed by atoms with Crippen molar-refractivity contribution in [1.29, 1.82) is 0 Å². The fourth-order valence-electron chi connectivity index (χ4n) is 2.19. The van der Waals surface area contributed by atoms with Gasteiger partial charge >= 0.3 is 5.97 Å². The smallest absolute Gasteiger partial charge is 0.307 e. The molecule has 0 aromatic heterocycles. The van der Waals surface area contributed by atoms with Crippen LogP contribution in [0.1, 0.15) is 47.0 Å². The van der Waals surface area contributed by atoms with Gasteiger partial charge in [0.05, 0.1) is 13.0 Å². The van der Waals surface area contributed by atoms with Crippen molar-refractivity contribution in [3.8, 4) is 0 Å². The van der Waals surface area contributed by atoms with Gasteiger partial charge in [-0.05, 0) is 40.5 Å². The van der Waals surface area contributed by atoms with Gasteiger partial charge in [-0.3, -0.25) is 4.79 Å². The van der Waals surface area contributed by atoms with Gasteiger partial charge in [-0.1, -0.05) is 0 Å².